The smallest absolute Gasteiger partial charge is 0.339 e. The molecule has 0 heterocycles. The number of sulfonamides is 1. The van der Waals surface area contributed by atoms with Gasteiger partial charge in [0.15, 0.2) is 0 Å². The lowest BCUT2D eigenvalue weighted by molar-refractivity contribution is 0.0693. The van der Waals surface area contributed by atoms with Crippen molar-refractivity contribution in [2.75, 3.05) is 20.2 Å². The van der Waals surface area contributed by atoms with E-state index in [0.29, 0.717) is 0 Å². The molecule has 18 heavy (non-hydrogen) atoms. The molecule has 0 spiro atoms. The van der Waals surface area contributed by atoms with E-state index in [1.165, 1.54) is 7.05 Å². The van der Waals surface area contributed by atoms with Crippen LogP contribution in [0.2, 0.25) is 0 Å². The predicted molar refractivity (Wildman–Crippen MR) is 62.0 cm³/mol. The summed E-state index contributed by atoms with van der Waals surface area (Å²) in [6.07, 6.45) is 0. The molecule has 0 amide bonds. The summed E-state index contributed by atoms with van der Waals surface area (Å²) in [6.45, 7) is -0.453. The van der Waals surface area contributed by atoms with Crippen molar-refractivity contribution >= 4 is 16.0 Å². The molecular formula is C10H13NO6S. The van der Waals surface area contributed by atoms with Crippen molar-refractivity contribution in [1.82, 2.24) is 4.31 Å². The zero-order valence-electron chi connectivity index (χ0n) is 9.57. The van der Waals surface area contributed by atoms with E-state index in [1.54, 1.807) is 0 Å². The van der Waals surface area contributed by atoms with Gasteiger partial charge < -0.3 is 15.3 Å². The fourth-order valence-electron chi connectivity index (χ4n) is 1.29. The van der Waals surface area contributed by atoms with Gasteiger partial charge in [0, 0.05) is 13.6 Å². The highest BCUT2D eigenvalue weighted by molar-refractivity contribution is 7.89. The van der Waals surface area contributed by atoms with Crippen LogP contribution in [-0.2, 0) is 10.0 Å². The molecule has 0 saturated heterocycles. The molecule has 0 atom stereocenters. The third kappa shape index (κ3) is 2.78. The number of carboxylic acids is 1. The third-order valence-electron chi connectivity index (χ3n) is 2.32. The molecular weight excluding hydrogens is 262 g/mol. The molecule has 7 nitrogen and oxygen atoms in total. The van der Waals surface area contributed by atoms with E-state index in [2.05, 4.69) is 0 Å². The highest BCUT2D eigenvalue weighted by Gasteiger charge is 2.22. The molecule has 0 bridgehead atoms. The first-order chi connectivity index (χ1) is 8.30. The number of aromatic hydroxyl groups is 1. The number of carbonyl (C=O) groups is 1. The van der Waals surface area contributed by atoms with Gasteiger partial charge in [-0.25, -0.2) is 13.2 Å². The molecule has 100 valence electrons. The number of phenols is 1. The Kier molecular flexibility index (Phi) is 4.28. The molecule has 1 aromatic carbocycles. The van der Waals surface area contributed by atoms with Crippen LogP contribution in [0.25, 0.3) is 0 Å². The minimum absolute atomic E-state index is 0.106. The molecule has 0 unspecified atom stereocenters. The van der Waals surface area contributed by atoms with Gasteiger partial charge in [-0.05, 0) is 18.2 Å². The van der Waals surface area contributed by atoms with Crippen LogP contribution < -0.4 is 0 Å². The number of likely N-dealkylation sites (N-methyl/N-ethyl adjacent to an activating group) is 1. The van der Waals surface area contributed by atoms with Crippen molar-refractivity contribution in [3.63, 3.8) is 0 Å². The quantitative estimate of drug-likeness (QED) is 0.679. The molecule has 0 fully saturated rings. The van der Waals surface area contributed by atoms with Gasteiger partial charge in [0.2, 0.25) is 10.0 Å². The van der Waals surface area contributed by atoms with Gasteiger partial charge in [-0.15, -0.1) is 0 Å². The van der Waals surface area contributed by atoms with Crippen molar-refractivity contribution < 1.29 is 28.5 Å². The minimum atomic E-state index is -3.88. The average molecular weight is 275 g/mol. The van der Waals surface area contributed by atoms with E-state index in [4.69, 9.17) is 10.2 Å². The van der Waals surface area contributed by atoms with E-state index in [0.717, 1.165) is 22.5 Å². The van der Waals surface area contributed by atoms with Crippen LogP contribution in [0.15, 0.2) is 23.1 Å². The van der Waals surface area contributed by atoms with Crippen LogP contribution in [0.1, 0.15) is 10.4 Å². The van der Waals surface area contributed by atoms with E-state index < -0.39 is 27.3 Å². The van der Waals surface area contributed by atoms with Gasteiger partial charge in [0.25, 0.3) is 0 Å². The van der Waals surface area contributed by atoms with Gasteiger partial charge in [-0.1, -0.05) is 0 Å². The monoisotopic (exact) mass is 275 g/mol. The molecule has 1 aromatic rings. The first kappa shape index (κ1) is 14.4. The second-order valence-electron chi connectivity index (χ2n) is 3.53. The first-order valence-corrected chi connectivity index (χ1v) is 6.38. The molecule has 0 saturated carbocycles. The number of aliphatic hydroxyl groups is 1. The van der Waals surface area contributed by atoms with Gasteiger partial charge in [0.05, 0.1) is 11.5 Å². The first-order valence-electron chi connectivity index (χ1n) is 4.94. The SMILES string of the molecule is CN(CCO)S(=O)(=O)c1ccc(O)c(C(=O)O)c1. The van der Waals surface area contributed by atoms with Gasteiger partial charge in [0.1, 0.15) is 11.3 Å². The Labute approximate surface area is 104 Å². The molecule has 1 rings (SSSR count). The van der Waals surface area contributed by atoms with Crippen molar-refractivity contribution in [3.05, 3.63) is 23.8 Å². The fraction of sp³-hybridized carbons (Fsp3) is 0.300. The van der Waals surface area contributed by atoms with Gasteiger partial charge >= 0.3 is 5.97 Å². The lowest BCUT2D eigenvalue weighted by Crippen LogP contribution is -2.29. The molecule has 8 heteroatoms. The van der Waals surface area contributed by atoms with Gasteiger partial charge in [-0.2, -0.15) is 4.31 Å². The summed E-state index contributed by atoms with van der Waals surface area (Å²) >= 11 is 0. The third-order valence-corrected chi connectivity index (χ3v) is 4.17. The average Bonchev–Trinajstić information content (AvgIpc) is 2.29. The molecule has 0 aliphatic heterocycles. The zero-order chi connectivity index (χ0) is 13.9. The summed E-state index contributed by atoms with van der Waals surface area (Å²) in [5.74, 6) is -1.93. The zero-order valence-corrected chi connectivity index (χ0v) is 10.4. The fourth-order valence-corrected chi connectivity index (χ4v) is 2.48. The largest absolute Gasteiger partial charge is 0.507 e. The van der Waals surface area contributed by atoms with E-state index in [-0.39, 0.29) is 18.0 Å². The minimum Gasteiger partial charge on any atom is -0.507 e. The second-order valence-corrected chi connectivity index (χ2v) is 5.58. The second kappa shape index (κ2) is 5.34. The maximum absolute atomic E-state index is 11.9. The van der Waals surface area contributed by atoms with Crippen LogP contribution >= 0.6 is 0 Å². The van der Waals surface area contributed by atoms with Crippen molar-refractivity contribution in [3.8, 4) is 5.75 Å². The van der Waals surface area contributed by atoms with Crippen molar-refractivity contribution in [2.24, 2.45) is 0 Å². The Morgan fingerprint density at radius 1 is 1.39 bits per heavy atom. The number of carboxylic acid groups (broad SMARTS) is 1. The van der Waals surface area contributed by atoms with E-state index in [9.17, 15) is 18.3 Å². The lowest BCUT2D eigenvalue weighted by atomic mass is 10.2. The number of benzene rings is 1. The number of nitrogens with zero attached hydrogens (tertiary/aromatic N) is 1. The van der Waals surface area contributed by atoms with E-state index in [1.807, 2.05) is 0 Å². The summed E-state index contributed by atoms with van der Waals surface area (Å²) in [6, 6.07) is 2.98. The van der Waals surface area contributed by atoms with Crippen molar-refractivity contribution in [2.45, 2.75) is 4.90 Å². The normalized spacial score (nSPS) is 11.7. The highest BCUT2D eigenvalue weighted by atomic mass is 32.2. The topological polar surface area (TPSA) is 115 Å². The number of aliphatic hydroxyl groups excluding tert-OH is 1. The maximum Gasteiger partial charge on any atom is 0.339 e. The number of hydrogen-bond acceptors (Lipinski definition) is 5. The summed E-state index contributed by atoms with van der Waals surface area (Å²) in [7, 11) is -2.61. The van der Waals surface area contributed by atoms with Crippen molar-refractivity contribution in [1.29, 1.82) is 0 Å². The number of hydrogen-bond donors (Lipinski definition) is 3. The predicted octanol–water partition coefficient (Wildman–Crippen LogP) is -0.297. The number of rotatable bonds is 5. The summed E-state index contributed by atoms with van der Waals surface area (Å²) in [5.41, 5.74) is -0.492. The summed E-state index contributed by atoms with van der Waals surface area (Å²) in [5, 5.41) is 26.8. The highest BCUT2D eigenvalue weighted by Crippen LogP contribution is 2.23. The Bertz CT molecular complexity index is 553. The molecule has 0 aromatic heterocycles. The van der Waals surface area contributed by atoms with Crippen LogP contribution in [0.4, 0.5) is 0 Å². The summed E-state index contributed by atoms with van der Waals surface area (Å²) in [4.78, 5) is 10.5. The molecule has 0 aliphatic carbocycles. The Hall–Kier alpha value is -1.64. The molecule has 0 radical (unpaired) electrons. The van der Waals surface area contributed by atoms with E-state index >= 15 is 0 Å². The Morgan fingerprint density at radius 3 is 2.50 bits per heavy atom. The Morgan fingerprint density at radius 2 is 2.00 bits per heavy atom. The standard InChI is InChI=1S/C10H13NO6S/c1-11(4-5-12)18(16,17)7-2-3-9(13)8(6-7)10(14)15/h2-3,6,12-13H,4-5H2,1H3,(H,14,15). The number of aromatic carboxylic acids is 1. The molecule has 0 aliphatic rings. The van der Waals surface area contributed by atoms with Gasteiger partial charge in [-0.3, -0.25) is 0 Å². The Balaban J connectivity index is 3.26. The van der Waals surface area contributed by atoms with Crippen LogP contribution in [-0.4, -0.2) is 54.2 Å². The van der Waals surface area contributed by atoms with Crippen LogP contribution in [0.3, 0.4) is 0 Å². The molecule has 3 N–H and O–H groups in total. The lowest BCUT2D eigenvalue weighted by Gasteiger charge is -2.16. The summed E-state index contributed by atoms with van der Waals surface area (Å²) < 4.78 is 24.8. The van der Waals surface area contributed by atoms with Crippen LogP contribution in [0, 0.1) is 0 Å². The van der Waals surface area contributed by atoms with Crippen LogP contribution in [0.5, 0.6) is 5.75 Å². The maximum atomic E-state index is 11.9.